The van der Waals surface area contributed by atoms with Crippen molar-refractivity contribution >= 4 is 30.4 Å². The number of aliphatic hydroxyl groups is 1. The highest BCUT2D eigenvalue weighted by Gasteiger charge is 2.45. The van der Waals surface area contributed by atoms with Crippen LogP contribution in [0.1, 0.15) is 23.8 Å². The lowest BCUT2D eigenvalue weighted by Gasteiger charge is -2.28. The van der Waals surface area contributed by atoms with Crippen molar-refractivity contribution in [1.82, 2.24) is 9.55 Å². The zero-order chi connectivity index (χ0) is 20.8. The first-order chi connectivity index (χ1) is 13.8. The molecule has 1 unspecified atom stereocenters. The van der Waals surface area contributed by atoms with Gasteiger partial charge in [0.2, 0.25) is 0 Å². The minimum absolute atomic E-state index is 0.0622. The standard InChI is InChI=1S/C17H18IN2O8P/c1-9-3-2-4-10-8-25-29(24,28-15(9)10)27-12-5-14(26-13(12)7-21)20-6-11(18)16(22)19-17(20)23/h2-4,6,12-14,21H,5,7-8H2,1H3,(H,19,22,23)/t12-,13+,14+,29?/m0/s1/i18-2. The monoisotopic (exact) mass is 534 g/mol. The molecule has 1 aromatic heterocycles. The average Bonchev–Trinajstić information content (AvgIpc) is 3.07. The third-order valence-corrected chi connectivity index (χ3v) is 6.88. The van der Waals surface area contributed by atoms with Crippen molar-refractivity contribution < 1.29 is 28.0 Å². The Morgan fingerprint density at radius 2 is 2.21 bits per heavy atom. The summed E-state index contributed by atoms with van der Waals surface area (Å²) in [7, 11) is -3.96. The number of para-hydroxylation sites is 1. The summed E-state index contributed by atoms with van der Waals surface area (Å²) in [4.78, 5) is 25.9. The van der Waals surface area contributed by atoms with Crippen LogP contribution in [0.15, 0.2) is 34.0 Å². The summed E-state index contributed by atoms with van der Waals surface area (Å²) in [6, 6.07) is 5.48. The van der Waals surface area contributed by atoms with Gasteiger partial charge in [-0.1, -0.05) is 18.2 Å². The number of nitrogens with zero attached hydrogens (tertiary/aromatic N) is 1. The molecule has 29 heavy (non-hydrogen) atoms. The summed E-state index contributed by atoms with van der Waals surface area (Å²) in [5.41, 5.74) is 0.398. The number of rotatable bonds is 4. The van der Waals surface area contributed by atoms with Crippen molar-refractivity contribution in [3.05, 3.63) is 59.9 Å². The normalized spacial score (nSPS) is 28.7. The van der Waals surface area contributed by atoms with Crippen LogP contribution in [0.3, 0.4) is 0 Å². The molecule has 12 heteroatoms. The molecule has 0 amide bonds. The molecule has 0 bridgehead atoms. The van der Waals surface area contributed by atoms with Crippen molar-refractivity contribution in [3.63, 3.8) is 0 Å². The van der Waals surface area contributed by atoms with E-state index in [9.17, 15) is 19.3 Å². The van der Waals surface area contributed by atoms with Crippen LogP contribution in [0.4, 0.5) is 0 Å². The van der Waals surface area contributed by atoms with Crippen molar-refractivity contribution in [1.29, 1.82) is 0 Å². The van der Waals surface area contributed by atoms with E-state index < -0.39 is 44.1 Å². The molecular weight excluding hydrogens is 516 g/mol. The molecule has 0 spiro atoms. The molecule has 1 saturated heterocycles. The largest absolute Gasteiger partial charge is 0.530 e. The third kappa shape index (κ3) is 4.07. The minimum Gasteiger partial charge on any atom is -0.403 e. The van der Waals surface area contributed by atoms with Gasteiger partial charge in [0.05, 0.1) is 16.8 Å². The van der Waals surface area contributed by atoms with E-state index in [2.05, 4.69) is 4.98 Å². The molecular formula is C17H18IN2O8P. The number of H-pyrrole nitrogens is 1. The fourth-order valence-electron chi connectivity index (χ4n) is 3.28. The predicted octanol–water partition coefficient (Wildman–Crippen LogP) is 1.83. The molecule has 2 N–H and O–H groups in total. The molecule has 2 aliphatic heterocycles. The second-order valence-electron chi connectivity index (χ2n) is 6.71. The number of nitrogens with one attached hydrogen (secondary N) is 1. The van der Waals surface area contributed by atoms with Crippen LogP contribution in [0, 0.1) is 10.5 Å². The van der Waals surface area contributed by atoms with Crippen molar-refractivity contribution in [2.75, 3.05) is 6.61 Å². The maximum Gasteiger partial charge on any atom is 0.530 e. The second-order valence-corrected chi connectivity index (χ2v) is 9.42. The Hall–Kier alpha value is -1.50. The summed E-state index contributed by atoms with van der Waals surface area (Å²) < 4.78 is 36.8. The maximum absolute atomic E-state index is 13.1. The number of aryl methyl sites for hydroxylation is 1. The van der Waals surface area contributed by atoms with Gasteiger partial charge in [-0.25, -0.2) is 9.36 Å². The van der Waals surface area contributed by atoms with Gasteiger partial charge in [0, 0.05) is 18.2 Å². The molecule has 156 valence electrons. The van der Waals surface area contributed by atoms with Gasteiger partial charge in [0.25, 0.3) is 5.56 Å². The summed E-state index contributed by atoms with van der Waals surface area (Å²) in [5.74, 6) is 0.449. The summed E-state index contributed by atoms with van der Waals surface area (Å²) in [6.45, 7) is 1.46. The first kappa shape index (κ1) is 20.8. The number of phosphoric ester groups is 1. The van der Waals surface area contributed by atoms with Gasteiger partial charge in [-0.05, 0) is 35.1 Å². The second kappa shape index (κ2) is 7.97. The van der Waals surface area contributed by atoms with E-state index in [1.165, 1.54) is 10.8 Å². The lowest BCUT2D eigenvalue weighted by molar-refractivity contribution is -0.0467. The fourth-order valence-corrected chi connectivity index (χ4v) is 5.21. The van der Waals surface area contributed by atoms with Crippen LogP contribution in [0.25, 0.3) is 0 Å². The molecule has 4 atom stereocenters. The molecule has 0 radical (unpaired) electrons. The van der Waals surface area contributed by atoms with E-state index in [1.54, 1.807) is 28.7 Å². The van der Waals surface area contributed by atoms with Gasteiger partial charge in [-0.15, -0.1) is 0 Å². The number of aliphatic hydroxyl groups excluding tert-OH is 1. The molecule has 0 saturated carbocycles. The number of ether oxygens (including phenoxy) is 1. The molecule has 2 aromatic rings. The molecule has 1 fully saturated rings. The van der Waals surface area contributed by atoms with Gasteiger partial charge >= 0.3 is 13.5 Å². The number of halogens is 1. The third-order valence-electron chi connectivity index (χ3n) is 4.73. The number of hydrogen-bond acceptors (Lipinski definition) is 8. The summed E-state index contributed by atoms with van der Waals surface area (Å²) >= 11 is 1.80. The molecule has 0 aliphatic carbocycles. The first-order valence-corrected chi connectivity index (χ1v) is 11.3. The van der Waals surface area contributed by atoms with Crippen molar-refractivity contribution in [2.45, 2.75) is 38.4 Å². The first-order valence-electron chi connectivity index (χ1n) is 8.78. The highest BCUT2D eigenvalue weighted by Crippen LogP contribution is 2.57. The van der Waals surface area contributed by atoms with Crippen LogP contribution in [0.5, 0.6) is 5.75 Å². The Labute approximate surface area is 178 Å². The maximum atomic E-state index is 13.1. The Morgan fingerprint density at radius 3 is 2.97 bits per heavy atom. The Kier molecular flexibility index (Phi) is 5.70. The highest BCUT2D eigenvalue weighted by atomic mass is 125. The number of aromatic amines is 1. The quantitative estimate of drug-likeness (QED) is 0.450. The van der Waals surface area contributed by atoms with Crippen molar-refractivity contribution in [2.24, 2.45) is 0 Å². The smallest absolute Gasteiger partial charge is 0.403 e. The molecule has 10 nitrogen and oxygen atoms in total. The van der Waals surface area contributed by atoms with Gasteiger partial charge < -0.3 is 14.4 Å². The summed E-state index contributed by atoms with van der Waals surface area (Å²) in [5, 5.41) is 9.66. The van der Waals surface area contributed by atoms with E-state index in [0.29, 0.717) is 9.32 Å². The number of aromatic nitrogens is 2. The number of phosphoric acid groups is 1. The van der Waals surface area contributed by atoms with E-state index in [1.807, 2.05) is 19.1 Å². The van der Waals surface area contributed by atoms with Crippen LogP contribution >= 0.6 is 30.4 Å². The Morgan fingerprint density at radius 1 is 1.41 bits per heavy atom. The van der Waals surface area contributed by atoms with Crippen molar-refractivity contribution in [3.8, 4) is 5.75 Å². The fraction of sp³-hybridized carbons (Fsp3) is 0.412. The number of benzene rings is 1. The lowest BCUT2D eigenvalue weighted by Crippen LogP contribution is -2.33. The van der Waals surface area contributed by atoms with Gasteiger partial charge in [0.1, 0.15) is 24.2 Å². The van der Waals surface area contributed by atoms with Crippen LogP contribution < -0.4 is 15.8 Å². The highest BCUT2D eigenvalue weighted by molar-refractivity contribution is 14.1. The number of fused-ring (bicyclic) bond motifs is 1. The van der Waals surface area contributed by atoms with E-state index in [4.69, 9.17) is 18.3 Å². The average molecular weight is 534 g/mol. The zero-order valence-electron chi connectivity index (χ0n) is 15.2. The Balaban J connectivity index is 1.56. The van der Waals surface area contributed by atoms with Gasteiger partial charge in [-0.3, -0.25) is 23.4 Å². The van der Waals surface area contributed by atoms with E-state index in [-0.39, 0.29) is 13.0 Å². The van der Waals surface area contributed by atoms with E-state index in [0.717, 1.165) is 11.1 Å². The topological polar surface area (TPSA) is 129 Å². The predicted molar refractivity (Wildman–Crippen MR) is 109 cm³/mol. The molecule has 1 aromatic carbocycles. The van der Waals surface area contributed by atoms with Crippen LogP contribution in [0.2, 0.25) is 0 Å². The lowest BCUT2D eigenvalue weighted by atomic mass is 10.1. The van der Waals surface area contributed by atoms with E-state index >= 15 is 0 Å². The van der Waals surface area contributed by atoms with Gasteiger partial charge in [0.15, 0.2) is 0 Å². The zero-order valence-corrected chi connectivity index (χ0v) is 18.3. The molecule has 3 heterocycles. The van der Waals surface area contributed by atoms with Gasteiger partial charge in [-0.2, -0.15) is 0 Å². The Bertz CT molecular complexity index is 1100. The number of hydrogen-bond donors (Lipinski definition) is 2. The SMILES string of the molecule is Cc1cccc2c1OP(=O)(O[C@H]1C[C@H](n3cc([125I])c(=O)[nH]c3=O)O[C@@H]1CO)OC2. The van der Waals surface area contributed by atoms with Crippen LogP contribution in [-0.4, -0.2) is 33.5 Å². The summed E-state index contributed by atoms with van der Waals surface area (Å²) in [6.07, 6.45) is -1.06. The molecule has 4 rings (SSSR count). The molecule has 2 aliphatic rings. The van der Waals surface area contributed by atoms with Crippen LogP contribution in [-0.2, 0) is 25.0 Å². The minimum atomic E-state index is -3.96.